The second-order valence-corrected chi connectivity index (χ2v) is 5.44. The molecule has 1 heterocycles. The largest absolute Gasteiger partial charge is 0.388 e. The minimum absolute atomic E-state index is 0.171. The molecule has 2 rings (SSSR count). The molecule has 104 valence electrons. The first-order valence-electron chi connectivity index (χ1n) is 6.55. The van der Waals surface area contributed by atoms with E-state index in [2.05, 4.69) is 17.2 Å². The van der Waals surface area contributed by atoms with Crippen LogP contribution < -0.4 is 5.32 Å². The molecule has 0 bridgehead atoms. The number of nitrogens with zero attached hydrogens (tertiary/aromatic N) is 2. The summed E-state index contributed by atoms with van der Waals surface area (Å²) in [6, 6.07) is 2.97. The highest BCUT2D eigenvalue weighted by Crippen LogP contribution is 2.32. The zero-order chi connectivity index (χ0) is 13.9. The third-order valence-corrected chi connectivity index (χ3v) is 3.62. The summed E-state index contributed by atoms with van der Waals surface area (Å²) in [6.45, 7) is 2.61. The standard InChI is InChI=1S/C13H19N3O3/c1-10-3-2-6-13(17,7-10)9-15-11-4-5-12(14-8-11)16(18)19/h4-5,8,10,15,17H,2-3,6-7,9H2,1H3. The molecule has 2 unspecified atom stereocenters. The van der Waals surface area contributed by atoms with Gasteiger partial charge in [0, 0.05) is 12.6 Å². The Morgan fingerprint density at radius 2 is 2.42 bits per heavy atom. The van der Waals surface area contributed by atoms with E-state index in [1.165, 1.54) is 18.7 Å². The van der Waals surface area contributed by atoms with Gasteiger partial charge in [0.2, 0.25) is 0 Å². The molecule has 0 saturated heterocycles. The average molecular weight is 265 g/mol. The van der Waals surface area contributed by atoms with Gasteiger partial charge in [-0.1, -0.05) is 19.8 Å². The molecule has 0 aliphatic heterocycles. The topological polar surface area (TPSA) is 88.3 Å². The van der Waals surface area contributed by atoms with Crippen molar-refractivity contribution >= 4 is 11.5 Å². The number of anilines is 1. The van der Waals surface area contributed by atoms with Crippen molar-refractivity contribution in [2.75, 3.05) is 11.9 Å². The fourth-order valence-corrected chi connectivity index (χ4v) is 2.66. The predicted octanol–water partition coefficient (Wildman–Crippen LogP) is 2.34. The Hall–Kier alpha value is -1.69. The van der Waals surface area contributed by atoms with Gasteiger partial charge in [-0.05, 0) is 34.7 Å². The van der Waals surface area contributed by atoms with Crippen LogP contribution in [0.1, 0.15) is 32.6 Å². The zero-order valence-corrected chi connectivity index (χ0v) is 11.0. The van der Waals surface area contributed by atoms with Crippen LogP contribution in [0.2, 0.25) is 0 Å². The summed E-state index contributed by atoms with van der Waals surface area (Å²) < 4.78 is 0. The van der Waals surface area contributed by atoms with Gasteiger partial charge in [0.15, 0.2) is 6.20 Å². The molecule has 0 aromatic carbocycles. The normalized spacial score (nSPS) is 26.9. The maximum Gasteiger partial charge on any atom is 0.363 e. The first kappa shape index (κ1) is 13.7. The summed E-state index contributed by atoms with van der Waals surface area (Å²) in [5, 5.41) is 24.0. The Kier molecular flexibility index (Phi) is 3.99. The molecule has 0 radical (unpaired) electrons. The van der Waals surface area contributed by atoms with E-state index >= 15 is 0 Å². The first-order chi connectivity index (χ1) is 8.98. The lowest BCUT2D eigenvalue weighted by atomic mass is 9.79. The van der Waals surface area contributed by atoms with Crippen molar-refractivity contribution in [3.63, 3.8) is 0 Å². The molecule has 0 spiro atoms. The molecule has 6 heteroatoms. The first-order valence-corrected chi connectivity index (χ1v) is 6.55. The number of nitro groups is 1. The van der Waals surface area contributed by atoms with Gasteiger partial charge in [0.25, 0.3) is 0 Å². The van der Waals surface area contributed by atoms with Gasteiger partial charge < -0.3 is 20.5 Å². The van der Waals surface area contributed by atoms with Crippen LogP contribution in [0.25, 0.3) is 0 Å². The van der Waals surface area contributed by atoms with Crippen molar-refractivity contribution in [1.82, 2.24) is 4.98 Å². The summed E-state index contributed by atoms with van der Waals surface area (Å²) in [6.07, 6.45) is 5.22. The number of pyridine rings is 1. The Labute approximate surface area is 112 Å². The molecule has 0 amide bonds. The van der Waals surface area contributed by atoms with Crippen LogP contribution in [-0.4, -0.2) is 27.2 Å². The van der Waals surface area contributed by atoms with Gasteiger partial charge in [-0.2, -0.15) is 0 Å². The minimum atomic E-state index is -0.681. The van der Waals surface area contributed by atoms with Crippen molar-refractivity contribution in [3.8, 4) is 0 Å². The highest BCUT2D eigenvalue weighted by molar-refractivity contribution is 5.43. The number of aromatic nitrogens is 1. The van der Waals surface area contributed by atoms with Gasteiger partial charge in [-0.15, -0.1) is 0 Å². The van der Waals surface area contributed by atoms with E-state index in [4.69, 9.17) is 0 Å². The van der Waals surface area contributed by atoms with E-state index < -0.39 is 10.5 Å². The van der Waals surface area contributed by atoms with Crippen LogP contribution in [0.15, 0.2) is 18.3 Å². The molecule has 1 aliphatic rings. The van der Waals surface area contributed by atoms with Crippen molar-refractivity contribution in [2.24, 2.45) is 5.92 Å². The predicted molar refractivity (Wildman–Crippen MR) is 72.0 cm³/mol. The Morgan fingerprint density at radius 1 is 1.63 bits per heavy atom. The molecule has 1 aromatic heterocycles. The molecule has 1 saturated carbocycles. The van der Waals surface area contributed by atoms with Crippen molar-refractivity contribution in [3.05, 3.63) is 28.4 Å². The lowest BCUT2D eigenvalue weighted by Gasteiger charge is -2.35. The highest BCUT2D eigenvalue weighted by atomic mass is 16.6. The molecule has 2 atom stereocenters. The third kappa shape index (κ3) is 3.64. The zero-order valence-electron chi connectivity index (χ0n) is 11.0. The molecular formula is C13H19N3O3. The molecule has 6 nitrogen and oxygen atoms in total. The SMILES string of the molecule is CC1CCCC(O)(CNc2ccc([N+](=O)[O-])nc2)C1. The summed E-state index contributed by atoms with van der Waals surface area (Å²) in [7, 11) is 0. The van der Waals surface area contributed by atoms with Gasteiger partial charge >= 0.3 is 5.82 Å². The number of nitrogens with one attached hydrogen (secondary N) is 1. The highest BCUT2D eigenvalue weighted by Gasteiger charge is 2.32. The third-order valence-electron chi connectivity index (χ3n) is 3.62. The van der Waals surface area contributed by atoms with E-state index in [1.54, 1.807) is 6.07 Å². The molecular weight excluding hydrogens is 246 g/mol. The van der Waals surface area contributed by atoms with Crippen molar-refractivity contribution < 1.29 is 10.0 Å². The maximum atomic E-state index is 10.5. The van der Waals surface area contributed by atoms with E-state index in [0.717, 1.165) is 19.3 Å². The van der Waals surface area contributed by atoms with Gasteiger partial charge in [0.1, 0.15) is 0 Å². The number of hydrogen-bond donors (Lipinski definition) is 2. The molecule has 1 aromatic rings. The molecule has 1 aliphatic carbocycles. The summed E-state index contributed by atoms with van der Waals surface area (Å²) in [5.41, 5.74) is 0.0108. The Morgan fingerprint density at radius 3 is 3.00 bits per heavy atom. The van der Waals surface area contributed by atoms with Crippen LogP contribution in [0.5, 0.6) is 0 Å². The second-order valence-electron chi connectivity index (χ2n) is 5.44. The number of aliphatic hydroxyl groups is 1. The smallest absolute Gasteiger partial charge is 0.363 e. The van der Waals surface area contributed by atoms with Crippen LogP contribution >= 0.6 is 0 Å². The quantitative estimate of drug-likeness (QED) is 0.644. The summed E-state index contributed by atoms with van der Waals surface area (Å²) in [4.78, 5) is 13.7. The lowest BCUT2D eigenvalue weighted by molar-refractivity contribution is -0.389. The second kappa shape index (κ2) is 5.52. The van der Waals surface area contributed by atoms with Crippen molar-refractivity contribution in [2.45, 2.75) is 38.2 Å². The number of rotatable bonds is 4. The van der Waals surface area contributed by atoms with Crippen LogP contribution in [0.3, 0.4) is 0 Å². The fourth-order valence-electron chi connectivity index (χ4n) is 2.66. The average Bonchev–Trinajstić information content (AvgIpc) is 2.37. The van der Waals surface area contributed by atoms with Gasteiger partial charge in [0.05, 0.1) is 11.3 Å². The van der Waals surface area contributed by atoms with Crippen molar-refractivity contribution in [1.29, 1.82) is 0 Å². The molecule has 1 fully saturated rings. The lowest BCUT2D eigenvalue weighted by Crippen LogP contribution is -2.41. The van der Waals surface area contributed by atoms with Gasteiger partial charge in [-0.3, -0.25) is 0 Å². The Balaban J connectivity index is 1.92. The summed E-state index contributed by atoms with van der Waals surface area (Å²) in [5.74, 6) is 0.367. The van der Waals surface area contributed by atoms with Crippen LogP contribution in [0, 0.1) is 16.0 Å². The van der Waals surface area contributed by atoms with Gasteiger partial charge in [-0.25, -0.2) is 0 Å². The van der Waals surface area contributed by atoms with Crippen LogP contribution in [0.4, 0.5) is 11.5 Å². The van der Waals surface area contributed by atoms with E-state index in [1.807, 2.05) is 0 Å². The molecule has 2 N–H and O–H groups in total. The van der Waals surface area contributed by atoms with Crippen LogP contribution in [-0.2, 0) is 0 Å². The summed E-state index contributed by atoms with van der Waals surface area (Å²) >= 11 is 0. The minimum Gasteiger partial charge on any atom is -0.388 e. The monoisotopic (exact) mass is 265 g/mol. The van der Waals surface area contributed by atoms with E-state index in [9.17, 15) is 15.2 Å². The maximum absolute atomic E-state index is 10.5. The van der Waals surface area contributed by atoms with E-state index in [0.29, 0.717) is 18.2 Å². The molecule has 19 heavy (non-hydrogen) atoms. The Bertz CT molecular complexity index is 449. The van der Waals surface area contributed by atoms with E-state index in [-0.39, 0.29) is 5.82 Å². The fraction of sp³-hybridized carbons (Fsp3) is 0.615. The number of hydrogen-bond acceptors (Lipinski definition) is 5.